The molecule has 3 N–H and O–H groups in total. The van der Waals surface area contributed by atoms with Crippen LogP contribution in [0.3, 0.4) is 0 Å². The Kier molecular flexibility index (Phi) is 9.12. The zero-order valence-corrected chi connectivity index (χ0v) is 25.6. The Morgan fingerprint density at radius 3 is 2.33 bits per heavy atom. The Morgan fingerprint density at radius 1 is 0.826 bits per heavy atom. The smallest absolute Gasteiger partial charge is 0.167 e. The minimum absolute atomic E-state index is 0.0203. The first-order valence-electron chi connectivity index (χ1n) is 15.1. The maximum atomic E-state index is 15.1. The lowest BCUT2D eigenvalue weighted by Gasteiger charge is -2.34. The van der Waals surface area contributed by atoms with Crippen molar-refractivity contribution in [3.05, 3.63) is 114 Å². The molecule has 5 aromatic rings. The highest BCUT2D eigenvalue weighted by atomic mass is 19.1. The zero-order chi connectivity index (χ0) is 32.3. The molecule has 0 radical (unpaired) electrons. The first-order chi connectivity index (χ1) is 22.2. The first kappa shape index (κ1) is 31.3. The van der Waals surface area contributed by atoms with Gasteiger partial charge in [0.1, 0.15) is 36.6 Å². The van der Waals surface area contributed by atoms with Crippen LogP contribution in [0.15, 0.2) is 85.1 Å². The molecule has 7 nitrogen and oxygen atoms in total. The van der Waals surface area contributed by atoms with E-state index >= 15 is 4.39 Å². The molecular formula is C36H35F3N4O3. The third kappa shape index (κ3) is 6.79. The highest BCUT2D eigenvalue weighted by molar-refractivity contribution is 5.92. The Hall–Kier alpha value is -4.64. The summed E-state index contributed by atoms with van der Waals surface area (Å²) in [5, 5.41) is 17.6. The van der Waals surface area contributed by atoms with Crippen molar-refractivity contribution in [3.63, 3.8) is 0 Å². The van der Waals surface area contributed by atoms with Crippen LogP contribution in [0, 0.1) is 24.4 Å². The van der Waals surface area contributed by atoms with Gasteiger partial charge in [0.2, 0.25) is 0 Å². The lowest BCUT2D eigenvalue weighted by molar-refractivity contribution is -0.0882. The van der Waals surface area contributed by atoms with Crippen molar-refractivity contribution >= 4 is 22.3 Å². The van der Waals surface area contributed by atoms with Gasteiger partial charge in [-0.05, 0) is 85.3 Å². The van der Waals surface area contributed by atoms with Gasteiger partial charge in [-0.3, -0.25) is 9.88 Å². The van der Waals surface area contributed by atoms with Crippen LogP contribution in [0.1, 0.15) is 30.9 Å². The Balaban J connectivity index is 1.11. The van der Waals surface area contributed by atoms with Gasteiger partial charge in [0.05, 0.1) is 11.2 Å². The van der Waals surface area contributed by atoms with E-state index in [9.17, 15) is 13.9 Å². The summed E-state index contributed by atoms with van der Waals surface area (Å²) in [5.41, 5.74) is 4.03. The molecule has 2 heterocycles. The van der Waals surface area contributed by atoms with Crippen molar-refractivity contribution in [1.82, 2.24) is 9.88 Å². The molecule has 0 amide bonds. The number of pyridine rings is 1. The molecule has 1 unspecified atom stereocenters. The summed E-state index contributed by atoms with van der Waals surface area (Å²) in [6.45, 7) is 5.57. The summed E-state index contributed by atoms with van der Waals surface area (Å²) in [5.74, 6) is -1.42. The molecule has 1 fully saturated rings. The monoisotopic (exact) mass is 628 g/mol. The zero-order valence-electron chi connectivity index (χ0n) is 25.6. The van der Waals surface area contributed by atoms with Crippen LogP contribution in [0.25, 0.3) is 22.0 Å². The predicted molar refractivity (Wildman–Crippen MR) is 173 cm³/mol. The molecular weight excluding hydrogens is 593 g/mol. The quantitative estimate of drug-likeness (QED) is 0.101. The number of ether oxygens (including phenoxy) is 2. The van der Waals surface area contributed by atoms with Crippen LogP contribution in [0.5, 0.6) is 11.5 Å². The largest absolute Gasteiger partial charge is 0.454 e. The number of anilines is 2. The minimum Gasteiger partial charge on any atom is -0.454 e. The molecule has 0 spiro atoms. The number of aliphatic hydroxyl groups is 1. The number of nitrogens with zero attached hydrogens (tertiary/aromatic N) is 2. The van der Waals surface area contributed by atoms with Crippen molar-refractivity contribution < 1.29 is 27.8 Å². The van der Waals surface area contributed by atoms with Gasteiger partial charge in [-0.25, -0.2) is 13.2 Å². The van der Waals surface area contributed by atoms with E-state index in [1.54, 1.807) is 18.3 Å². The minimum atomic E-state index is -1.01. The normalized spacial score (nSPS) is 14.7. The number of benzene rings is 4. The lowest BCUT2D eigenvalue weighted by Crippen LogP contribution is -2.41. The first-order valence-corrected chi connectivity index (χ1v) is 15.1. The molecule has 1 atom stereocenters. The molecule has 46 heavy (non-hydrogen) atoms. The third-order valence-electron chi connectivity index (χ3n) is 8.31. The molecule has 4 aromatic carbocycles. The van der Waals surface area contributed by atoms with Gasteiger partial charge in [-0.1, -0.05) is 30.3 Å². The summed E-state index contributed by atoms with van der Waals surface area (Å²) >= 11 is 0. The van der Waals surface area contributed by atoms with Crippen LogP contribution < -0.4 is 15.4 Å². The van der Waals surface area contributed by atoms with Crippen LogP contribution in [-0.4, -0.2) is 41.5 Å². The van der Waals surface area contributed by atoms with Crippen LogP contribution in [0.4, 0.5) is 24.5 Å². The van der Waals surface area contributed by atoms with E-state index < -0.39 is 23.2 Å². The van der Waals surface area contributed by atoms with Gasteiger partial charge < -0.3 is 25.2 Å². The van der Waals surface area contributed by atoms with Gasteiger partial charge >= 0.3 is 0 Å². The average molecular weight is 629 g/mol. The number of hydrogen-bond donors (Lipinski definition) is 3. The highest BCUT2D eigenvalue weighted by Crippen LogP contribution is 2.37. The summed E-state index contributed by atoms with van der Waals surface area (Å²) in [6.07, 6.45) is 3.83. The molecule has 0 saturated carbocycles. The van der Waals surface area contributed by atoms with E-state index in [2.05, 4.69) is 20.5 Å². The molecule has 0 bridgehead atoms. The topological polar surface area (TPSA) is 78.9 Å². The summed E-state index contributed by atoms with van der Waals surface area (Å²) in [7, 11) is 0. The molecule has 1 aliphatic rings. The number of nitrogens with one attached hydrogen (secondary N) is 2. The van der Waals surface area contributed by atoms with Gasteiger partial charge in [0.15, 0.2) is 11.6 Å². The molecule has 10 heteroatoms. The van der Waals surface area contributed by atoms with Gasteiger partial charge in [0.25, 0.3) is 0 Å². The van der Waals surface area contributed by atoms with Crippen molar-refractivity contribution in [2.45, 2.75) is 32.4 Å². The fourth-order valence-electron chi connectivity index (χ4n) is 5.78. The third-order valence-corrected chi connectivity index (χ3v) is 8.31. The number of hydrogen-bond acceptors (Lipinski definition) is 7. The maximum Gasteiger partial charge on any atom is 0.167 e. The fourth-order valence-corrected chi connectivity index (χ4v) is 5.78. The van der Waals surface area contributed by atoms with Crippen LogP contribution in [0.2, 0.25) is 0 Å². The van der Waals surface area contributed by atoms with E-state index in [1.165, 1.54) is 18.2 Å². The van der Waals surface area contributed by atoms with Crippen molar-refractivity contribution in [2.75, 3.05) is 37.2 Å². The molecule has 1 saturated heterocycles. The van der Waals surface area contributed by atoms with E-state index in [0.29, 0.717) is 17.0 Å². The van der Waals surface area contributed by atoms with Gasteiger partial charge in [-0.15, -0.1) is 0 Å². The van der Waals surface area contributed by atoms with E-state index in [-0.39, 0.29) is 24.9 Å². The standard InChI is InChI=1S/C36H35F3N4O3/c1-23-17-25(24-5-7-26(8-6-24)36(2,44)43-15-3-4-16-43)18-32-35(23)34(13-14-40-32)46-33-12-10-28(20-30(33)39)41-21-45-22-42-31-11-9-27(37)19-29(31)38/h5-14,17-20,41-42,44H,3-4,15-16,21-22H2,1-2H3. The second-order valence-corrected chi connectivity index (χ2v) is 11.5. The Bertz CT molecular complexity index is 1840. The van der Waals surface area contributed by atoms with Crippen molar-refractivity contribution in [3.8, 4) is 22.6 Å². The number of likely N-dealkylation sites (tertiary alicyclic amines) is 1. The van der Waals surface area contributed by atoms with E-state index in [1.807, 2.05) is 50.2 Å². The lowest BCUT2D eigenvalue weighted by atomic mass is 9.96. The van der Waals surface area contributed by atoms with E-state index in [4.69, 9.17) is 9.47 Å². The Labute approximate surface area is 265 Å². The molecule has 238 valence electrons. The van der Waals surface area contributed by atoms with E-state index in [0.717, 1.165) is 65.7 Å². The molecule has 6 rings (SSSR count). The molecule has 1 aliphatic heterocycles. The summed E-state index contributed by atoms with van der Waals surface area (Å²) < 4.78 is 53.2. The number of fused-ring (bicyclic) bond motifs is 1. The van der Waals surface area contributed by atoms with Crippen molar-refractivity contribution in [2.24, 2.45) is 0 Å². The number of aromatic nitrogens is 1. The van der Waals surface area contributed by atoms with Crippen molar-refractivity contribution in [1.29, 1.82) is 0 Å². The Morgan fingerprint density at radius 2 is 1.59 bits per heavy atom. The summed E-state index contributed by atoms with van der Waals surface area (Å²) in [4.78, 5) is 6.67. The summed E-state index contributed by atoms with van der Waals surface area (Å²) in [6, 6.07) is 21.4. The number of halogens is 3. The van der Waals surface area contributed by atoms with Crippen LogP contribution in [-0.2, 0) is 10.5 Å². The van der Waals surface area contributed by atoms with Gasteiger partial charge in [0, 0.05) is 42.5 Å². The molecule has 0 aliphatic carbocycles. The second kappa shape index (κ2) is 13.4. The van der Waals surface area contributed by atoms with Crippen LogP contribution >= 0.6 is 0 Å². The maximum absolute atomic E-state index is 15.1. The van der Waals surface area contributed by atoms with Gasteiger partial charge in [-0.2, -0.15) is 0 Å². The molecule has 1 aromatic heterocycles. The highest BCUT2D eigenvalue weighted by Gasteiger charge is 2.32. The average Bonchev–Trinajstić information content (AvgIpc) is 3.59. The predicted octanol–water partition coefficient (Wildman–Crippen LogP) is 8.14. The SMILES string of the molecule is Cc1cc(-c2ccc(C(C)(O)N3CCCC3)cc2)cc2nccc(Oc3ccc(NCOCNc4ccc(F)cc4F)cc3F)c12. The second-order valence-electron chi connectivity index (χ2n) is 11.5. The number of rotatable bonds is 11. The fraction of sp³-hybridized carbons (Fsp3) is 0.250. The number of aryl methyl sites for hydroxylation is 1.